The molecule has 2 aliphatic rings. The first-order chi connectivity index (χ1) is 7.48. The number of amides is 1. The van der Waals surface area contributed by atoms with Crippen LogP contribution in [0.25, 0.3) is 0 Å². The molecular weight excluding hydrogens is 250 g/mol. The molecule has 2 fully saturated rings. The van der Waals surface area contributed by atoms with Gasteiger partial charge >= 0.3 is 0 Å². The summed E-state index contributed by atoms with van der Waals surface area (Å²) < 4.78 is 22.6. The summed E-state index contributed by atoms with van der Waals surface area (Å²) in [5.41, 5.74) is 0. The van der Waals surface area contributed by atoms with Crippen molar-refractivity contribution in [1.29, 1.82) is 0 Å². The highest BCUT2D eigenvalue weighted by Crippen LogP contribution is 2.23. The van der Waals surface area contributed by atoms with Crippen LogP contribution in [0.15, 0.2) is 0 Å². The summed E-state index contributed by atoms with van der Waals surface area (Å²) in [5, 5.41) is 0.0238. The molecule has 2 heterocycles. The number of carbonyl (C=O) groups excluding carboxylic acids is 1. The van der Waals surface area contributed by atoms with E-state index in [2.05, 4.69) is 0 Å². The fourth-order valence-corrected chi connectivity index (χ4v) is 4.43. The van der Waals surface area contributed by atoms with Gasteiger partial charge < -0.3 is 4.90 Å². The Balaban J connectivity index is 1.97. The SMILES string of the molecule is O=C(C1CCS(=O)(=O)C1)N1CCCC(Cl)C1. The Hall–Kier alpha value is -0.290. The zero-order chi connectivity index (χ0) is 11.8. The van der Waals surface area contributed by atoms with Crippen LogP contribution in [-0.4, -0.2) is 49.2 Å². The highest BCUT2D eigenvalue weighted by atomic mass is 35.5. The monoisotopic (exact) mass is 265 g/mol. The quantitative estimate of drug-likeness (QED) is 0.654. The first kappa shape index (κ1) is 12.2. The molecule has 2 saturated heterocycles. The van der Waals surface area contributed by atoms with E-state index in [1.807, 2.05) is 0 Å². The van der Waals surface area contributed by atoms with Gasteiger partial charge in [0, 0.05) is 13.1 Å². The number of hydrogen-bond acceptors (Lipinski definition) is 3. The van der Waals surface area contributed by atoms with Crippen molar-refractivity contribution in [2.45, 2.75) is 24.6 Å². The lowest BCUT2D eigenvalue weighted by atomic mass is 10.0. The van der Waals surface area contributed by atoms with E-state index in [1.54, 1.807) is 4.90 Å². The van der Waals surface area contributed by atoms with Crippen molar-refractivity contribution in [1.82, 2.24) is 4.90 Å². The number of hydrogen-bond donors (Lipinski definition) is 0. The standard InChI is InChI=1S/C10H16ClNO3S/c11-9-2-1-4-12(6-9)10(13)8-3-5-16(14,15)7-8/h8-9H,1-7H2. The number of piperidine rings is 1. The summed E-state index contributed by atoms with van der Waals surface area (Å²) in [6.45, 7) is 1.29. The van der Waals surface area contributed by atoms with Gasteiger partial charge in [-0.25, -0.2) is 8.42 Å². The average Bonchev–Trinajstić information content (AvgIpc) is 2.58. The molecule has 0 aromatic heterocycles. The fourth-order valence-electron chi connectivity index (χ4n) is 2.37. The molecule has 4 nitrogen and oxygen atoms in total. The largest absolute Gasteiger partial charge is 0.341 e. The first-order valence-electron chi connectivity index (χ1n) is 5.61. The van der Waals surface area contributed by atoms with Crippen LogP contribution in [0.2, 0.25) is 0 Å². The minimum atomic E-state index is -2.97. The molecule has 6 heteroatoms. The summed E-state index contributed by atoms with van der Waals surface area (Å²) in [7, 11) is -2.97. The number of sulfone groups is 1. The molecule has 0 spiro atoms. The van der Waals surface area contributed by atoms with E-state index in [0.717, 1.165) is 19.4 Å². The molecule has 1 amide bonds. The third-order valence-electron chi connectivity index (χ3n) is 3.26. The van der Waals surface area contributed by atoms with Crippen molar-refractivity contribution >= 4 is 27.3 Å². The van der Waals surface area contributed by atoms with Crippen molar-refractivity contribution in [2.75, 3.05) is 24.6 Å². The van der Waals surface area contributed by atoms with Gasteiger partial charge in [-0.1, -0.05) is 0 Å². The van der Waals surface area contributed by atoms with E-state index in [9.17, 15) is 13.2 Å². The first-order valence-corrected chi connectivity index (χ1v) is 7.87. The van der Waals surface area contributed by atoms with Gasteiger partial charge in [0.05, 0.1) is 22.8 Å². The van der Waals surface area contributed by atoms with Gasteiger partial charge in [0.2, 0.25) is 5.91 Å². The summed E-state index contributed by atoms with van der Waals surface area (Å²) in [4.78, 5) is 13.8. The van der Waals surface area contributed by atoms with E-state index < -0.39 is 9.84 Å². The lowest BCUT2D eigenvalue weighted by Gasteiger charge is -2.31. The topological polar surface area (TPSA) is 54.5 Å². The molecule has 0 radical (unpaired) electrons. The Bertz CT molecular complexity index is 382. The number of rotatable bonds is 1. The summed E-state index contributed by atoms with van der Waals surface area (Å²) in [6, 6.07) is 0. The Morgan fingerprint density at radius 2 is 2.06 bits per heavy atom. The van der Waals surface area contributed by atoms with Crippen molar-refractivity contribution in [3.05, 3.63) is 0 Å². The average molecular weight is 266 g/mol. The van der Waals surface area contributed by atoms with Gasteiger partial charge in [0.1, 0.15) is 0 Å². The Kier molecular flexibility index (Phi) is 3.45. The number of likely N-dealkylation sites (tertiary alicyclic amines) is 1. The zero-order valence-electron chi connectivity index (χ0n) is 9.06. The van der Waals surface area contributed by atoms with Crippen LogP contribution in [0.4, 0.5) is 0 Å². The maximum absolute atomic E-state index is 12.0. The van der Waals surface area contributed by atoms with Crippen molar-refractivity contribution < 1.29 is 13.2 Å². The Labute approximate surface area is 101 Å². The fraction of sp³-hybridized carbons (Fsp3) is 0.900. The van der Waals surface area contributed by atoms with Gasteiger partial charge in [-0.3, -0.25) is 4.79 Å². The second-order valence-electron chi connectivity index (χ2n) is 4.62. The molecular formula is C10H16ClNO3S. The third-order valence-corrected chi connectivity index (χ3v) is 5.38. The minimum Gasteiger partial charge on any atom is -0.341 e. The second-order valence-corrected chi connectivity index (χ2v) is 7.47. The van der Waals surface area contributed by atoms with Gasteiger partial charge in [0.15, 0.2) is 9.84 Å². The molecule has 0 N–H and O–H groups in total. The Morgan fingerprint density at radius 1 is 1.31 bits per heavy atom. The number of carbonyl (C=O) groups is 1. The van der Waals surface area contributed by atoms with Crippen LogP contribution < -0.4 is 0 Å². The van der Waals surface area contributed by atoms with E-state index >= 15 is 0 Å². The van der Waals surface area contributed by atoms with Crippen molar-refractivity contribution in [3.8, 4) is 0 Å². The predicted molar refractivity (Wildman–Crippen MR) is 62.2 cm³/mol. The molecule has 0 bridgehead atoms. The van der Waals surface area contributed by atoms with Gasteiger partial charge in [-0.05, 0) is 19.3 Å². The molecule has 16 heavy (non-hydrogen) atoms. The van der Waals surface area contributed by atoms with Gasteiger partial charge in [-0.15, -0.1) is 11.6 Å². The summed E-state index contributed by atoms with van der Waals surface area (Å²) in [6.07, 6.45) is 2.33. The van der Waals surface area contributed by atoms with E-state index in [-0.39, 0.29) is 28.7 Å². The predicted octanol–water partition coefficient (Wildman–Crippen LogP) is 0.651. The molecule has 92 valence electrons. The zero-order valence-corrected chi connectivity index (χ0v) is 10.6. The summed E-state index contributed by atoms with van der Waals surface area (Å²) >= 11 is 6.01. The lowest BCUT2D eigenvalue weighted by Crippen LogP contribution is -2.43. The smallest absolute Gasteiger partial charge is 0.226 e. The van der Waals surface area contributed by atoms with E-state index in [4.69, 9.17) is 11.6 Å². The maximum Gasteiger partial charge on any atom is 0.226 e. The van der Waals surface area contributed by atoms with Crippen LogP contribution >= 0.6 is 11.6 Å². The molecule has 0 aliphatic carbocycles. The molecule has 2 atom stereocenters. The number of nitrogens with zero attached hydrogens (tertiary/aromatic N) is 1. The molecule has 0 aromatic rings. The molecule has 2 rings (SSSR count). The normalized spacial score (nSPS) is 33.9. The maximum atomic E-state index is 12.0. The summed E-state index contributed by atoms with van der Waals surface area (Å²) in [5.74, 6) is -0.171. The second kappa shape index (κ2) is 4.53. The molecule has 2 aliphatic heterocycles. The van der Waals surface area contributed by atoms with Gasteiger partial charge in [0.25, 0.3) is 0 Å². The minimum absolute atomic E-state index is 0.0218. The van der Waals surface area contributed by atoms with Crippen LogP contribution in [-0.2, 0) is 14.6 Å². The Morgan fingerprint density at radius 3 is 2.62 bits per heavy atom. The van der Waals surface area contributed by atoms with Crippen LogP contribution in [0, 0.1) is 5.92 Å². The van der Waals surface area contributed by atoms with Crippen LogP contribution in [0.3, 0.4) is 0 Å². The lowest BCUT2D eigenvalue weighted by molar-refractivity contribution is -0.135. The number of halogens is 1. The highest BCUT2D eigenvalue weighted by Gasteiger charge is 2.36. The molecule has 0 aromatic carbocycles. The molecule has 2 unspecified atom stereocenters. The van der Waals surface area contributed by atoms with E-state index in [1.165, 1.54) is 0 Å². The van der Waals surface area contributed by atoms with E-state index in [0.29, 0.717) is 13.0 Å². The number of alkyl halides is 1. The van der Waals surface area contributed by atoms with Gasteiger partial charge in [-0.2, -0.15) is 0 Å². The van der Waals surface area contributed by atoms with Crippen molar-refractivity contribution in [2.24, 2.45) is 5.92 Å². The van der Waals surface area contributed by atoms with Crippen LogP contribution in [0.5, 0.6) is 0 Å². The van der Waals surface area contributed by atoms with Crippen LogP contribution in [0.1, 0.15) is 19.3 Å². The molecule has 0 saturated carbocycles. The third kappa shape index (κ3) is 2.69. The van der Waals surface area contributed by atoms with Crippen molar-refractivity contribution in [3.63, 3.8) is 0 Å². The highest BCUT2D eigenvalue weighted by molar-refractivity contribution is 7.91.